The number of rotatable bonds is 0. The minimum Gasteiger partial charge on any atom is -0.274 e. The molecule has 0 saturated carbocycles. The summed E-state index contributed by atoms with van der Waals surface area (Å²) in [7, 11) is -2.03. The minimum atomic E-state index is -1.42. The zero-order valence-electron chi connectivity index (χ0n) is 5.82. The van der Waals surface area contributed by atoms with Gasteiger partial charge >= 0.3 is 9.29 Å². The molecule has 8 heavy (non-hydrogen) atoms. The molecule has 0 unspecified atom stereocenters. The van der Waals surface area contributed by atoms with Crippen LogP contribution < -0.4 is 0 Å². The molecule has 0 radical (unpaired) electrons. The van der Waals surface area contributed by atoms with Gasteiger partial charge in [0.05, 0.1) is 0 Å². The predicted octanol–water partition coefficient (Wildman–Crippen LogP) is 1.34. The molecular weight excluding hydrogens is 136 g/mol. The largest absolute Gasteiger partial charge is 0.549 e. The molecule has 0 N–H and O–H groups in total. The molecule has 2 nitrogen and oxygen atoms in total. The molecule has 0 aliphatic carbocycles. The molecule has 0 fully saturated rings. The van der Waals surface area contributed by atoms with Crippen LogP contribution in [0.25, 0.3) is 0 Å². The van der Waals surface area contributed by atoms with Gasteiger partial charge in [-0.15, -0.1) is 0 Å². The van der Waals surface area contributed by atoms with Crippen molar-refractivity contribution in [3.05, 3.63) is 0 Å². The maximum atomic E-state index is 8.40. The first-order valence-corrected chi connectivity index (χ1v) is 7.22. The van der Waals surface area contributed by atoms with Crippen molar-refractivity contribution >= 4 is 17.4 Å². The maximum absolute atomic E-state index is 8.40. The van der Waals surface area contributed by atoms with Crippen molar-refractivity contribution in [2.75, 3.05) is 0 Å². The Hall–Kier alpha value is 0.0338. The van der Waals surface area contributed by atoms with Crippen LogP contribution in [0.3, 0.4) is 0 Å². The molecule has 0 atom stereocenters. The van der Waals surface area contributed by atoms with Crippen LogP contribution in [0.4, 0.5) is 0 Å². The van der Waals surface area contributed by atoms with Crippen molar-refractivity contribution in [1.82, 2.24) is 0 Å². The van der Waals surface area contributed by atoms with Gasteiger partial charge in [-0.25, -0.2) is 0 Å². The molecular formula is C4H12O2Si2. The Balaban J connectivity index is 0. The molecule has 0 spiro atoms. The Bertz CT molecular complexity index is 72.5. The van der Waals surface area contributed by atoms with Crippen molar-refractivity contribution in [1.29, 1.82) is 0 Å². The Morgan fingerprint density at radius 3 is 1.00 bits per heavy atom. The first-order chi connectivity index (χ1) is 3.41. The van der Waals surface area contributed by atoms with E-state index >= 15 is 0 Å². The van der Waals surface area contributed by atoms with Crippen LogP contribution in [0, 0.1) is 0 Å². The fraction of sp³-hybridized carbons (Fsp3) is 1.00. The van der Waals surface area contributed by atoms with Crippen molar-refractivity contribution in [3.63, 3.8) is 0 Å². The van der Waals surface area contributed by atoms with Gasteiger partial charge in [0, 0.05) is 8.07 Å². The van der Waals surface area contributed by atoms with Crippen LogP contribution in [-0.2, 0) is 8.92 Å². The molecule has 0 rings (SSSR count). The van der Waals surface area contributed by atoms with Crippen molar-refractivity contribution in [3.8, 4) is 0 Å². The van der Waals surface area contributed by atoms with E-state index < -0.39 is 17.4 Å². The monoisotopic (exact) mass is 148 g/mol. The van der Waals surface area contributed by atoms with E-state index in [4.69, 9.17) is 8.92 Å². The molecule has 0 amide bonds. The quantitative estimate of drug-likeness (QED) is 0.486. The third-order valence-corrected chi connectivity index (χ3v) is 0. The van der Waals surface area contributed by atoms with E-state index in [0.29, 0.717) is 0 Å². The summed E-state index contributed by atoms with van der Waals surface area (Å²) in [6.45, 7) is 9.31. The van der Waals surface area contributed by atoms with Crippen molar-refractivity contribution in [2.24, 2.45) is 0 Å². The van der Waals surface area contributed by atoms with Crippen LogP contribution in [0.1, 0.15) is 0 Å². The minimum absolute atomic E-state index is 0.611. The van der Waals surface area contributed by atoms with E-state index in [1.807, 2.05) is 0 Å². The summed E-state index contributed by atoms with van der Waals surface area (Å²) in [6.07, 6.45) is 0. The Morgan fingerprint density at radius 2 is 1.00 bits per heavy atom. The Labute approximate surface area is 53.2 Å². The highest BCUT2D eigenvalue weighted by molar-refractivity contribution is 6.74. The molecule has 4 heteroatoms. The number of hydrogen-bond donors (Lipinski definition) is 0. The SMILES string of the molecule is C[Si](C)(C)C.O=[Si]=O. The molecule has 48 valence electrons. The lowest BCUT2D eigenvalue weighted by Gasteiger charge is -2.01. The van der Waals surface area contributed by atoms with E-state index in [2.05, 4.69) is 26.2 Å². The summed E-state index contributed by atoms with van der Waals surface area (Å²) in [5.41, 5.74) is 0. The summed E-state index contributed by atoms with van der Waals surface area (Å²) in [4.78, 5) is 0. The lowest BCUT2D eigenvalue weighted by Crippen LogP contribution is -2.10. The van der Waals surface area contributed by atoms with Gasteiger partial charge < -0.3 is 0 Å². The Kier molecular flexibility index (Phi) is 7.06. The first kappa shape index (κ1) is 10.9. The average molecular weight is 148 g/mol. The van der Waals surface area contributed by atoms with Gasteiger partial charge in [-0.3, -0.25) is 8.92 Å². The standard InChI is InChI=1S/C4H12Si.O2Si/c1-5(2,3)4;1-3-2/h1-4H3;. The third kappa shape index (κ3) is 134000. The fourth-order valence-electron chi connectivity index (χ4n) is 0. The normalized spacial score (nSPS) is 8.50. The molecule has 0 saturated heterocycles. The topological polar surface area (TPSA) is 34.1 Å². The summed E-state index contributed by atoms with van der Waals surface area (Å²) in [5, 5.41) is 0. The van der Waals surface area contributed by atoms with Gasteiger partial charge in [-0.1, -0.05) is 26.2 Å². The maximum Gasteiger partial charge on any atom is 0.549 e. The second kappa shape index (κ2) is 5.18. The van der Waals surface area contributed by atoms with Gasteiger partial charge in [0.25, 0.3) is 0 Å². The van der Waals surface area contributed by atoms with E-state index in [-0.39, 0.29) is 0 Å². The van der Waals surface area contributed by atoms with Gasteiger partial charge in [-0.05, 0) is 0 Å². The predicted molar refractivity (Wildman–Crippen MR) is 36.3 cm³/mol. The smallest absolute Gasteiger partial charge is 0.274 e. The van der Waals surface area contributed by atoms with Crippen LogP contribution in [0.15, 0.2) is 0 Å². The summed E-state index contributed by atoms with van der Waals surface area (Å²) in [5.74, 6) is 0. The van der Waals surface area contributed by atoms with Crippen LogP contribution in [0.2, 0.25) is 26.2 Å². The van der Waals surface area contributed by atoms with Crippen LogP contribution in [-0.4, -0.2) is 17.4 Å². The lowest BCUT2D eigenvalue weighted by atomic mass is 11.8. The molecule has 0 bridgehead atoms. The molecule has 0 aliphatic rings. The third-order valence-electron chi connectivity index (χ3n) is 0. The molecule has 0 aromatic heterocycles. The van der Waals surface area contributed by atoms with Crippen LogP contribution >= 0.6 is 0 Å². The van der Waals surface area contributed by atoms with E-state index in [9.17, 15) is 0 Å². The average Bonchev–Trinajstić information content (AvgIpc) is 1.27. The molecule has 0 heterocycles. The van der Waals surface area contributed by atoms with Gasteiger partial charge in [0.2, 0.25) is 0 Å². The summed E-state index contributed by atoms with van der Waals surface area (Å²) < 4.78 is 16.8. The van der Waals surface area contributed by atoms with E-state index in [0.717, 1.165) is 0 Å². The second-order valence-corrected chi connectivity index (χ2v) is 9.25. The van der Waals surface area contributed by atoms with Crippen molar-refractivity contribution in [2.45, 2.75) is 26.2 Å². The first-order valence-electron chi connectivity index (χ1n) is 2.41. The second-order valence-electron chi connectivity index (χ2n) is 3.08. The van der Waals surface area contributed by atoms with Crippen LogP contribution in [0.5, 0.6) is 0 Å². The van der Waals surface area contributed by atoms with Gasteiger partial charge in [0.1, 0.15) is 0 Å². The highest BCUT2D eigenvalue weighted by Gasteiger charge is 1.99. The summed E-state index contributed by atoms with van der Waals surface area (Å²) >= 11 is 0. The fourth-order valence-corrected chi connectivity index (χ4v) is 0. The highest BCUT2D eigenvalue weighted by Crippen LogP contribution is 1.94. The highest BCUT2D eigenvalue weighted by atomic mass is 28.3. The van der Waals surface area contributed by atoms with Crippen molar-refractivity contribution < 1.29 is 8.92 Å². The molecule has 0 aromatic rings. The van der Waals surface area contributed by atoms with Gasteiger partial charge in [0.15, 0.2) is 0 Å². The number of hydrogen-bond acceptors (Lipinski definition) is 2. The van der Waals surface area contributed by atoms with Gasteiger partial charge in [-0.2, -0.15) is 0 Å². The van der Waals surface area contributed by atoms with E-state index in [1.54, 1.807) is 0 Å². The molecule has 0 aromatic carbocycles. The zero-order valence-corrected chi connectivity index (χ0v) is 7.82. The molecule has 0 aliphatic heterocycles. The van der Waals surface area contributed by atoms with E-state index in [1.165, 1.54) is 0 Å². The summed E-state index contributed by atoms with van der Waals surface area (Å²) in [6, 6.07) is 0. The lowest BCUT2D eigenvalue weighted by molar-refractivity contribution is 0.497. The Morgan fingerprint density at radius 1 is 1.00 bits per heavy atom. The zero-order chi connectivity index (χ0) is 7.21.